The van der Waals surface area contributed by atoms with Crippen LogP contribution in [0.5, 0.6) is 0 Å². The quantitative estimate of drug-likeness (QED) is 0.773. The highest BCUT2D eigenvalue weighted by Crippen LogP contribution is 2.44. The van der Waals surface area contributed by atoms with Crippen LogP contribution in [-0.4, -0.2) is 21.0 Å². The molecular weight excluding hydrogens is 345 g/mol. The van der Waals surface area contributed by atoms with Crippen molar-refractivity contribution in [3.05, 3.63) is 59.2 Å². The number of rotatable bonds is 7. The number of alkyl halides is 3. The van der Waals surface area contributed by atoms with Gasteiger partial charge in [0.05, 0.1) is 17.5 Å². The standard InChI is InChI=1S/C19H19F3N2O2/c20-19(21,22)14-8-4-12(5-9-14)2-1-3-15(13-6-7-13)16-10-24-17(11-23-16)18(25)26/h4-5,8-11,13,15H,1-3,6-7H2,(H,25,26). The van der Waals surface area contributed by atoms with Crippen molar-refractivity contribution >= 4 is 5.97 Å². The van der Waals surface area contributed by atoms with Gasteiger partial charge in [0.25, 0.3) is 0 Å². The predicted octanol–water partition coefficient (Wildman–Crippen LogP) is 4.71. The first kappa shape index (κ1) is 18.4. The van der Waals surface area contributed by atoms with Crippen LogP contribution in [0.1, 0.15) is 58.9 Å². The Morgan fingerprint density at radius 3 is 2.35 bits per heavy atom. The number of aryl methyl sites for hydroxylation is 1. The van der Waals surface area contributed by atoms with E-state index in [1.54, 1.807) is 0 Å². The second-order valence-electron chi connectivity index (χ2n) is 6.66. The van der Waals surface area contributed by atoms with Gasteiger partial charge in [-0.1, -0.05) is 12.1 Å². The number of hydrogen-bond donors (Lipinski definition) is 1. The molecule has 1 unspecified atom stereocenters. The molecule has 1 aliphatic carbocycles. The molecule has 0 saturated heterocycles. The van der Waals surface area contributed by atoms with Crippen LogP contribution in [0.4, 0.5) is 13.2 Å². The van der Waals surface area contributed by atoms with Gasteiger partial charge < -0.3 is 5.11 Å². The van der Waals surface area contributed by atoms with Crippen LogP contribution in [0.3, 0.4) is 0 Å². The minimum absolute atomic E-state index is 0.0759. The minimum atomic E-state index is -4.31. The number of halogens is 3. The fourth-order valence-corrected chi connectivity index (χ4v) is 3.15. The molecule has 26 heavy (non-hydrogen) atoms. The second kappa shape index (κ2) is 7.43. The van der Waals surface area contributed by atoms with Crippen molar-refractivity contribution in [1.29, 1.82) is 0 Å². The molecule has 1 aromatic heterocycles. The van der Waals surface area contributed by atoms with Gasteiger partial charge in [0.15, 0.2) is 5.69 Å². The molecule has 1 saturated carbocycles. The Balaban J connectivity index is 1.58. The van der Waals surface area contributed by atoms with Gasteiger partial charge in [-0.2, -0.15) is 13.2 Å². The number of carbonyl (C=O) groups is 1. The third kappa shape index (κ3) is 4.59. The Morgan fingerprint density at radius 1 is 1.15 bits per heavy atom. The van der Waals surface area contributed by atoms with E-state index in [9.17, 15) is 18.0 Å². The van der Waals surface area contributed by atoms with Crippen LogP contribution < -0.4 is 0 Å². The molecule has 0 radical (unpaired) electrons. The van der Waals surface area contributed by atoms with Crippen LogP contribution in [0.15, 0.2) is 36.7 Å². The molecule has 1 aromatic carbocycles. The molecular formula is C19H19F3N2O2. The lowest BCUT2D eigenvalue weighted by Crippen LogP contribution is -2.08. The summed E-state index contributed by atoms with van der Waals surface area (Å²) < 4.78 is 37.8. The van der Waals surface area contributed by atoms with E-state index in [-0.39, 0.29) is 11.6 Å². The lowest BCUT2D eigenvalue weighted by Gasteiger charge is -2.15. The average molecular weight is 364 g/mol. The highest BCUT2D eigenvalue weighted by Gasteiger charge is 2.33. The van der Waals surface area contributed by atoms with Crippen LogP contribution in [0.25, 0.3) is 0 Å². The van der Waals surface area contributed by atoms with Crippen LogP contribution >= 0.6 is 0 Å². The second-order valence-corrected chi connectivity index (χ2v) is 6.66. The Labute approximate surface area is 149 Å². The summed E-state index contributed by atoms with van der Waals surface area (Å²) in [6.45, 7) is 0. The molecule has 4 nitrogen and oxygen atoms in total. The fraction of sp³-hybridized carbons (Fsp3) is 0.421. The number of carboxylic acid groups (broad SMARTS) is 1. The number of aromatic carboxylic acids is 1. The summed E-state index contributed by atoms with van der Waals surface area (Å²) in [4.78, 5) is 19.1. The van der Waals surface area contributed by atoms with Crippen molar-refractivity contribution in [2.24, 2.45) is 5.92 Å². The van der Waals surface area contributed by atoms with Gasteiger partial charge in [-0.05, 0) is 55.7 Å². The van der Waals surface area contributed by atoms with Crippen molar-refractivity contribution < 1.29 is 23.1 Å². The van der Waals surface area contributed by atoms with E-state index in [2.05, 4.69) is 9.97 Å². The van der Waals surface area contributed by atoms with Gasteiger partial charge >= 0.3 is 12.1 Å². The van der Waals surface area contributed by atoms with E-state index < -0.39 is 17.7 Å². The van der Waals surface area contributed by atoms with Gasteiger partial charge in [0.1, 0.15) is 0 Å². The summed E-state index contributed by atoms with van der Waals surface area (Å²) in [6.07, 6.45) is 3.12. The molecule has 1 heterocycles. The maximum Gasteiger partial charge on any atom is 0.416 e. The van der Waals surface area contributed by atoms with Gasteiger partial charge in [-0.25, -0.2) is 9.78 Å². The summed E-state index contributed by atoms with van der Waals surface area (Å²) in [6, 6.07) is 5.28. The number of aromatic nitrogens is 2. The molecule has 7 heteroatoms. The Bertz CT molecular complexity index is 754. The molecule has 2 aromatic rings. The van der Waals surface area contributed by atoms with Gasteiger partial charge in [-0.15, -0.1) is 0 Å². The molecule has 1 fully saturated rings. The third-order valence-corrected chi connectivity index (χ3v) is 4.72. The number of hydrogen-bond acceptors (Lipinski definition) is 3. The van der Waals surface area contributed by atoms with E-state index in [0.29, 0.717) is 12.3 Å². The van der Waals surface area contributed by atoms with Crippen molar-refractivity contribution in [1.82, 2.24) is 9.97 Å². The highest BCUT2D eigenvalue weighted by molar-refractivity contribution is 5.84. The van der Waals surface area contributed by atoms with Gasteiger partial charge in [-0.3, -0.25) is 4.98 Å². The lowest BCUT2D eigenvalue weighted by atomic mass is 9.92. The van der Waals surface area contributed by atoms with E-state index in [0.717, 1.165) is 49.1 Å². The first-order valence-corrected chi connectivity index (χ1v) is 8.56. The number of carboxylic acids is 1. The first-order valence-electron chi connectivity index (χ1n) is 8.56. The molecule has 1 aliphatic rings. The van der Waals surface area contributed by atoms with Crippen molar-refractivity contribution in [2.45, 2.75) is 44.2 Å². The van der Waals surface area contributed by atoms with E-state index >= 15 is 0 Å². The van der Waals surface area contributed by atoms with Crippen molar-refractivity contribution in [3.8, 4) is 0 Å². The van der Waals surface area contributed by atoms with Crippen molar-refractivity contribution in [3.63, 3.8) is 0 Å². The van der Waals surface area contributed by atoms with Crippen molar-refractivity contribution in [2.75, 3.05) is 0 Å². The summed E-state index contributed by atoms with van der Waals surface area (Å²) in [5.74, 6) is -0.346. The minimum Gasteiger partial charge on any atom is -0.476 e. The van der Waals surface area contributed by atoms with Gasteiger partial charge in [0, 0.05) is 12.1 Å². The Kier molecular flexibility index (Phi) is 5.25. The fourth-order valence-electron chi connectivity index (χ4n) is 3.15. The van der Waals surface area contributed by atoms with Crippen LogP contribution in [0, 0.1) is 5.92 Å². The Hall–Kier alpha value is -2.44. The van der Waals surface area contributed by atoms with Crippen LogP contribution in [0.2, 0.25) is 0 Å². The predicted molar refractivity (Wildman–Crippen MR) is 88.8 cm³/mol. The average Bonchev–Trinajstić information content (AvgIpc) is 3.43. The van der Waals surface area contributed by atoms with E-state index in [1.807, 2.05) is 0 Å². The lowest BCUT2D eigenvalue weighted by molar-refractivity contribution is -0.137. The van der Waals surface area contributed by atoms with E-state index in [1.165, 1.54) is 24.5 Å². The zero-order valence-corrected chi connectivity index (χ0v) is 14.0. The summed E-state index contributed by atoms with van der Waals surface area (Å²) in [5, 5.41) is 8.90. The summed E-state index contributed by atoms with van der Waals surface area (Å²) >= 11 is 0. The monoisotopic (exact) mass is 364 g/mol. The summed E-state index contributed by atoms with van der Waals surface area (Å²) in [7, 11) is 0. The zero-order valence-electron chi connectivity index (χ0n) is 14.0. The first-order chi connectivity index (χ1) is 12.3. The molecule has 0 bridgehead atoms. The molecule has 138 valence electrons. The molecule has 1 atom stereocenters. The Morgan fingerprint density at radius 2 is 1.85 bits per heavy atom. The normalized spacial score (nSPS) is 15.7. The van der Waals surface area contributed by atoms with Gasteiger partial charge in [0.2, 0.25) is 0 Å². The topological polar surface area (TPSA) is 63.1 Å². The number of nitrogens with zero attached hydrogens (tertiary/aromatic N) is 2. The maximum absolute atomic E-state index is 12.6. The largest absolute Gasteiger partial charge is 0.476 e. The smallest absolute Gasteiger partial charge is 0.416 e. The molecule has 0 aliphatic heterocycles. The third-order valence-electron chi connectivity index (χ3n) is 4.72. The maximum atomic E-state index is 12.6. The molecule has 1 N–H and O–H groups in total. The summed E-state index contributed by atoms with van der Waals surface area (Å²) in [5.41, 5.74) is 0.962. The molecule has 0 amide bonds. The zero-order chi connectivity index (χ0) is 18.7. The highest BCUT2D eigenvalue weighted by atomic mass is 19.4. The SMILES string of the molecule is O=C(O)c1cnc(C(CCCc2ccc(C(F)(F)F)cc2)C2CC2)cn1. The molecule has 3 rings (SSSR count). The van der Waals surface area contributed by atoms with E-state index in [4.69, 9.17) is 5.11 Å². The van der Waals surface area contributed by atoms with Crippen LogP contribution in [-0.2, 0) is 12.6 Å². The number of benzene rings is 1. The molecule has 0 spiro atoms.